The summed E-state index contributed by atoms with van der Waals surface area (Å²) in [6.45, 7) is 18.5. The molecule has 18 unspecified atom stereocenters. The molecular weight excluding hydrogens is 929 g/mol. The van der Waals surface area contributed by atoms with Gasteiger partial charge in [-0.3, -0.25) is 0 Å². The fourth-order valence-corrected chi connectivity index (χ4v) is 7.50. The summed E-state index contributed by atoms with van der Waals surface area (Å²) in [5, 5.41) is 114. The molecule has 3 fully saturated rings. The minimum absolute atomic E-state index is 0.0574. The van der Waals surface area contributed by atoms with Crippen LogP contribution in [0.1, 0.15) is 80.1 Å². The lowest BCUT2D eigenvalue weighted by Crippen LogP contribution is -2.61. The highest BCUT2D eigenvalue weighted by atomic mass is 16.7. The van der Waals surface area contributed by atoms with Gasteiger partial charge in [-0.1, -0.05) is 36.5 Å². The van der Waals surface area contributed by atoms with E-state index in [4.69, 9.17) is 43.0 Å². The third-order valence-corrected chi connectivity index (χ3v) is 12.7. The van der Waals surface area contributed by atoms with E-state index in [2.05, 4.69) is 19.7 Å². The summed E-state index contributed by atoms with van der Waals surface area (Å²) in [4.78, 5) is 37.3. The zero-order valence-electron chi connectivity index (χ0n) is 40.5. The molecule has 0 saturated carbocycles. The van der Waals surface area contributed by atoms with Crippen molar-refractivity contribution in [3.63, 3.8) is 0 Å². The maximum absolute atomic E-state index is 13.2. The van der Waals surface area contributed by atoms with Crippen LogP contribution in [0.15, 0.2) is 72.9 Å². The molecule has 22 nitrogen and oxygen atoms in total. The van der Waals surface area contributed by atoms with Gasteiger partial charge in [0.1, 0.15) is 73.8 Å². The van der Waals surface area contributed by atoms with Gasteiger partial charge in [0.25, 0.3) is 0 Å². The predicted molar refractivity (Wildman–Crippen MR) is 245 cm³/mol. The van der Waals surface area contributed by atoms with E-state index in [-0.39, 0.29) is 55.2 Å². The first-order valence-corrected chi connectivity index (χ1v) is 22.9. The van der Waals surface area contributed by atoms with Crippen LogP contribution in [0.4, 0.5) is 0 Å². The van der Waals surface area contributed by atoms with Gasteiger partial charge in [0.05, 0.1) is 30.0 Å². The average molecular weight is 1000 g/mol. The molecule has 0 aliphatic carbocycles. The number of aliphatic hydroxyl groups excluding tert-OH is 10. The minimum atomic E-state index is -1.80. The molecule has 18 atom stereocenters. The van der Waals surface area contributed by atoms with Crippen molar-refractivity contribution in [2.45, 2.75) is 189 Å². The molecule has 3 heterocycles. The average Bonchev–Trinajstić information content (AvgIpc) is 3.33. The van der Waals surface area contributed by atoms with E-state index in [1.165, 1.54) is 57.2 Å². The summed E-state index contributed by atoms with van der Waals surface area (Å²) >= 11 is 0. The van der Waals surface area contributed by atoms with Gasteiger partial charge >= 0.3 is 17.9 Å². The number of hydrogen-bond donors (Lipinski definition) is 11. The number of aliphatic carboxylic acids is 1. The van der Waals surface area contributed by atoms with E-state index in [0.717, 1.165) is 0 Å². The molecule has 398 valence electrons. The monoisotopic (exact) mass is 1000 g/mol. The van der Waals surface area contributed by atoms with E-state index in [0.29, 0.717) is 0 Å². The first-order chi connectivity index (χ1) is 32.7. The Balaban J connectivity index is 1.56. The van der Waals surface area contributed by atoms with Crippen LogP contribution in [0.2, 0.25) is 0 Å². The summed E-state index contributed by atoms with van der Waals surface area (Å²) in [7, 11) is 0. The molecule has 3 aliphatic rings. The zero-order valence-corrected chi connectivity index (χ0v) is 40.5. The molecule has 0 aromatic heterocycles. The predicted octanol–water partition coefficient (Wildman–Crippen LogP) is -0.364. The zero-order chi connectivity index (χ0) is 52.9. The molecule has 0 radical (unpaired) electrons. The fraction of sp³-hybridized carbons (Fsp3) is 0.688. The standard InChI is InChI=1S/C48H74O22/c1-10-46(7,19-13-16-25(4)40(59)60)70-45-38(58)35(55)39(29(23-50)65-45)67-42(62)27(6)18-15-21-48(9,12-3)69-44-37(57)34(54)32(52)30(66-44)24-63-41(61)26(5)17-14-20-47(8,11-2)68-43-36(56)33(53)31(51)28(22-49)64-43/h10-12,16-18,28-39,43-45,49-58H,1-3,13-15,19-24H2,4-9H3,(H,59,60). The highest BCUT2D eigenvalue weighted by Gasteiger charge is 2.50. The maximum Gasteiger partial charge on any atom is 0.333 e. The number of hydrogen-bond acceptors (Lipinski definition) is 21. The van der Waals surface area contributed by atoms with Gasteiger partial charge < -0.3 is 94.1 Å². The number of carbonyl (C=O) groups excluding carboxylic acids is 2. The minimum Gasteiger partial charge on any atom is -0.478 e. The molecule has 3 rings (SSSR count). The number of ether oxygens (including phenoxy) is 8. The third-order valence-electron chi connectivity index (χ3n) is 12.7. The Morgan fingerprint density at radius 1 is 0.514 bits per heavy atom. The Morgan fingerprint density at radius 2 is 0.871 bits per heavy atom. The van der Waals surface area contributed by atoms with Gasteiger partial charge in [-0.05, 0) is 80.1 Å². The van der Waals surface area contributed by atoms with Crippen LogP contribution in [0.5, 0.6) is 0 Å². The van der Waals surface area contributed by atoms with Gasteiger partial charge in [0, 0.05) is 16.7 Å². The summed E-state index contributed by atoms with van der Waals surface area (Å²) < 4.78 is 45.7. The van der Waals surface area contributed by atoms with Crippen molar-refractivity contribution in [2.75, 3.05) is 19.8 Å². The van der Waals surface area contributed by atoms with E-state index in [1.54, 1.807) is 20.8 Å². The Kier molecular flexibility index (Phi) is 23.1. The van der Waals surface area contributed by atoms with Gasteiger partial charge in [-0.25, -0.2) is 14.4 Å². The van der Waals surface area contributed by atoms with E-state index in [1.807, 2.05) is 0 Å². The second kappa shape index (κ2) is 26.8. The Hall–Kier alpha value is -3.79. The Bertz CT molecular complexity index is 1870. The quantitative estimate of drug-likeness (QED) is 0.0299. The van der Waals surface area contributed by atoms with Crippen molar-refractivity contribution < 1.29 is 108 Å². The largest absolute Gasteiger partial charge is 0.478 e. The third kappa shape index (κ3) is 16.1. The second-order valence-electron chi connectivity index (χ2n) is 18.4. The van der Waals surface area contributed by atoms with Gasteiger partial charge in [0.2, 0.25) is 0 Å². The smallest absolute Gasteiger partial charge is 0.333 e. The summed E-state index contributed by atoms with van der Waals surface area (Å²) in [6, 6.07) is 0. The number of allylic oxidation sites excluding steroid dienone is 3. The van der Waals surface area contributed by atoms with Crippen molar-refractivity contribution in [1.29, 1.82) is 0 Å². The first kappa shape index (κ1) is 60.5. The van der Waals surface area contributed by atoms with Crippen molar-refractivity contribution in [2.24, 2.45) is 0 Å². The maximum atomic E-state index is 13.2. The Labute approximate surface area is 407 Å². The molecule has 22 heteroatoms. The van der Waals surface area contributed by atoms with Crippen molar-refractivity contribution in [3.8, 4) is 0 Å². The lowest BCUT2D eigenvalue weighted by atomic mass is 9.96. The van der Waals surface area contributed by atoms with Crippen LogP contribution < -0.4 is 0 Å². The molecular formula is C48H74O22. The molecule has 3 aliphatic heterocycles. The molecule has 11 N–H and O–H groups in total. The number of rotatable bonds is 26. The van der Waals surface area contributed by atoms with Crippen molar-refractivity contribution in [1.82, 2.24) is 0 Å². The first-order valence-electron chi connectivity index (χ1n) is 22.9. The summed E-state index contributed by atoms with van der Waals surface area (Å²) in [5.41, 5.74) is -3.30. The van der Waals surface area contributed by atoms with Crippen LogP contribution in [0, 0.1) is 0 Å². The van der Waals surface area contributed by atoms with Crippen molar-refractivity contribution >= 4 is 17.9 Å². The lowest BCUT2D eigenvalue weighted by molar-refractivity contribution is -0.320. The Morgan fingerprint density at radius 3 is 1.27 bits per heavy atom. The highest BCUT2D eigenvalue weighted by molar-refractivity contribution is 5.88. The van der Waals surface area contributed by atoms with Crippen LogP contribution in [0.25, 0.3) is 0 Å². The molecule has 0 spiro atoms. The molecule has 0 aromatic carbocycles. The SMILES string of the molecule is C=CC(C)(CCC=C(C)C(=O)OCC1OC(OC(C)(C=C)CCC=C(C)C(=O)OC2C(CO)OC(OC(C)(C=C)CCC=C(C)C(=O)O)C(O)C2O)C(O)C(O)C1O)OC1OC(CO)C(O)C(O)C1O. The molecule has 0 aromatic rings. The number of esters is 2. The van der Waals surface area contributed by atoms with Crippen LogP contribution in [-0.2, 0) is 52.3 Å². The normalized spacial score (nSPS) is 34.8. The van der Waals surface area contributed by atoms with Gasteiger partial charge in [-0.15, -0.1) is 19.7 Å². The lowest BCUT2D eigenvalue weighted by Gasteiger charge is -2.44. The van der Waals surface area contributed by atoms with Crippen LogP contribution in [0.3, 0.4) is 0 Å². The summed E-state index contributed by atoms with van der Waals surface area (Å²) in [5.74, 6) is -2.81. The van der Waals surface area contributed by atoms with Crippen LogP contribution >= 0.6 is 0 Å². The van der Waals surface area contributed by atoms with E-state index in [9.17, 15) is 65.4 Å². The highest BCUT2D eigenvalue weighted by Crippen LogP contribution is 2.33. The number of carboxylic acids is 1. The fourth-order valence-electron chi connectivity index (χ4n) is 7.50. The number of carbonyl (C=O) groups is 3. The van der Waals surface area contributed by atoms with E-state index < -0.39 is 147 Å². The number of aliphatic hydroxyl groups is 10. The topological polar surface area (TPSA) is 348 Å². The van der Waals surface area contributed by atoms with Gasteiger partial charge in [-0.2, -0.15) is 0 Å². The van der Waals surface area contributed by atoms with Crippen molar-refractivity contribution in [3.05, 3.63) is 72.9 Å². The summed E-state index contributed by atoms with van der Waals surface area (Å²) in [6.07, 6.45) is -13.6. The molecule has 3 saturated heterocycles. The van der Waals surface area contributed by atoms with Gasteiger partial charge in [0.15, 0.2) is 25.0 Å². The molecule has 0 amide bonds. The second-order valence-corrected chi connectivity index (χ2v) is 18.4. The van der Waals surface area contributed by atoms with Crippen LogP contribution in [-0.4, -0.2) is 203 Å². The molecule has 70 heavy (non-hydrogen) atoms. The number of carboxylic acid groups (broad SMARTS) is 1. The molecule has 0 bridgehead atoms. The van der Waals surface area contributed by atoms with E-state index >= 15 is 0 Å².